The van der Waals surface area contributed by atoms with Crippen LogP contribution in [-0.4, -0.2) is 59.9 Å². The van der Waals surface area contributed by atoms with Crippen molar-refractivity contribution >= 4 is 25.7 Å². The Kier molecular flexibility index (Phi) is 40.4. The van der Waals surface area contributed by atoms with Gasteiger partial charge >= 0.3 is 25.7 Å². The highest BCUT2D eigenvalue weighted by Crippen LogP contribution is 2.43. The molecule has 0 amide bonds. The number of esters is 2. The average Bonchev–Trinajstić information content (AvgIpc) is 3.22. The number of nitrogens with two attached hydrogens (primary N) is 1. The number of phosphoric ester groups is 1. The van der Waals surface area contributed by atoms with Crippen molar-refractivity contribution in [2.45, 2.75) is 193 Å². The maximum absolute atomic E-state index is 12.6. The molecule has 0 bridgehead atoms. The van der Waals surface area contributed by atoms with Crippen LogP contribution in [-0.2, 0) is 37.5 Å². The van der Waals surface area contributed by atoms with Gasteiger partial charge in [0.2, 0.25) is 0 Å². The second-order valence-electron chi connectivity index (χ2n) is 15.1. The maximum Gasteiger partial charge on any atom is 0.472 e. The summed E-state index contributed by atoms with van der Waals surface area (Å²) < 4.78 is 32.7. The lowest BCUT2D eigenvalue weighted by Crippen LogP contribution is -2.34. The Morgan fingerprint density at radius 2 is 0.933 bits per heavy atom. The van der Waals surface area contributed by atoms with Crippen molar-refractivity contribution in [3.63, 3.8) is 0 Å². The van der Waals surface area contributed by atoms with Crippen LogP contribution in [0.4, 0.5) is 0 Å². The summed E-state index contributed by atoms with van der Waals surface area (Å²) in [6, 6.07) is -1.53. The van der Waals surface area contributed by atoms with Crippen LogP contribution in [0, 0.1) is 0 Å². The fourth-order valence-electron chi connectivity index (χ4n) is 5.85. The molecule has 344 valence electrons. The zero-order valence-electron chi connectivity index (χ0n) is 37.3. The molecule has 0 aromatic rings. The van der Waals surface area contributed by atoms with Gasteiger partial charge in [-0.3, -0.25) is 23.4 Å². The summed E-state index contributed by atoms with van der Waals surface area (Å²) in [6.07, 6.45) is 51.0. The highest BCUT2D eigenvalue weighted by molar-refractivity contribution is 7.47. The second-order valence-corrected chi connectivity index (χ2v) is 16.6. The van der Waals surface area contributed by atoms with Gasteiger partial charge in [0.15, 0.2) is 6.10 Å². The third-order valence-electron chi connectivity index (χ3n) is 9.44. The highest BCUT2D eigenvalue weighted by Gasteiger charge is 2.28. The predicted molar refractivity (Wildman–Crippen MR) is 244 cm³/mol. The number of unbranched alkanes of at least 4 members (excludes halogenated alkanes) is 16. The molecular weight excluding hydrogens is 781 g/mol. The minimum atomic E-state index is -4.73. The molecule has 60 heavy (non-hydrogen) atoms. The minimum Gasteiger partial charge on any atom is -0.480 e. The maximum atomic E-state index is 12.6. The summed E-state index contributed by atoms with van der Waals surface area (Å²) in [4.78, 5) is 46.0. The summed E-state index contributed by atoms with van der Waals surface area (Å²) in [7, 11) is -4.73. The van der Waals surface area contributed by atoms with E-state index < -0.39 is 51.1 Å². The van der Waals surface area contributed by atoms with E-state index in [1.54, 1.807) is 0 Å². The quantitative estimate of drug-likeness (QED) is 0.0231. The van der Waals surface area contributed by atoms with Gasteiger partial charge in [-0.2, -0.15) is 0 Å². The van der Waals surface area contributed by atoms with Crippen LogP contribution in [0.2, 0.25) is 0 Å². The van der Waals surface area contributed by atoms with Gasteiger partial charge < -0.3 is 25.2 Å². The number of carbonyl (C=O) groups excluding carboxylic acids is 2. The standard InChI is InChI=1S/C48H82NO10P/c1-3-5-7-9-11-13-15-17-19-21-22-24-25-27-29-31-33-35-37-39-46(50)56-41-44(42-57-60(54,55)58-43-45(49)48(52)53)59-47(51)40-38-36-34-32-30-28-26-23-20-18-16-14-12-10-8-6-4-2/h5,7,11,13,17-20,22,24,27,29,44-45H,3-4,6,8-10,12,14-16,21,23,25-26,28,30-43,49H2,1-2H3,(H,52,53)(H,54,55)/b7-5-,13-11-,19-17-,20-18-,24-22-,29-27-/t44-,45+/m1/s1. The van der Waals surface area contributed by atoms with Crippen LogP contribution in [0.1, 0.15) is 181 Å². The smallest absolute Gasteiger partial charge is 0.472 e. The molecule has 0 aliphatic heterocycles. The van der Waals surface area contributed by atoms with Gasteiger partial charge in [0, 0.05) is 12.8 Å². The molecule has 0 heterocycles. The van der Waals surface area contributed by atoms with Crippen LogP contribution < -0.4 is 5.73 Å². The molecule has 1 unspecified atom stereocenters. The van der Waals surface area contributed by atoms with Gasteiger partial charge in [0.1, 0.15) is 12.6 Å². The normalized spacial score (nSPS) is 14.3. The van der Waals surface area contributed by atoms with E-state index in [0.29, 0.717) is 12.8 Å². The first-order valence-corrected chi connectivity index (χ1v) is 24.5. The summed E-state index contributed by atoms with van der Waals surface area (Å²) in [5.41, 5.74) is 5.34. The van der Waals surface area contributed by atoms with Crippen molar-refractivity contribution in [1.82, 2.24) is 0 Å². The zero-order valence-corrected chi connectivity index (χ0v) is 38.2. The SMILES string of the molecule is CC/C=C\C/C=C\C/C=C\C/C=C\C/C=C\CCCCCC(=O)OC[C@H](COP(=O)(O)OC[C@H](N)C(=O)O)OC(=O)CCCCCCCCC/C=C\CCCCCCCC. The molecule has 0 aromatic heterocycles. The molecule has 0 radical (unpaired) electrons. The number of hydrogen-bond acceptors (Lipinski definition) is 9. The van der Waals surface area contributed by atoms with Crippen molar-refractivity contribution in [2.75, 3.05) is 19.8 Å². The Balaban J connectivity index is 4.41. The van der Waals surface area contributed by atoms with Crippen LogP contribution in [0.5, 0.6) is 0 Å². The van der Waals surface area contributed by atoms with E-state index in [-0.39, 0.29) is 19.4 Å². The van der Waals surface area contributed by atoms with Crippen molar-refractivity contribution in [3.8, 4) is 0 Å². The first kappa shape index (κ1) is 56.9. The summed E-state index contributed by atoms with van der Waals surface area (Å²) in [5.74, 6) is -2.43. The Morgan fingerprint density at radius 1 is 0.533 bits per heavy atom. The molecule has 11 nitrogen and oxygen atoms in total. The van der Waals surface area contributed by atoms with E-state index >= 15 is 0 Å². The molecule has 0 saturated carbocycles. The second kappa shape index (κ2) is 42.6. The number of allylic oxidation sites excluding steroid dienone is 12. The lowest BCUT2D eigenvalue weighted by Gasteiger charge is -2.20. The predicted octanol–water partition coefficient (Wildman–Crippen LogP) is 12.5. The molecule has 0 aliphatic carbocycles. The van der Waals surface area contributed by atoms with E-state index in [1.807, 2.05) is 0 Å². The Morgan fingerprint density at radius 3 is 1.43 bits per heavy atom. The summed E-state index contributed by atoms with van der Waals surface area (Å²) in [5, 5.41) is 8.90. The number of phosphoric acid groups is 1. The fraction of sp³-hybridized carbons (Fsp3) is 0.688. The molecule has 12 heteroatoms. The van der Waals surface area contributed by atoms with Crippen molar-refractivity contribution < 1.29 is 47.5 Å². The highest BCUT2D eigenvalue weighted by atomic mass is 31.2. The Labute approximate surface area is 363 Å². The lowest BCUT2D eigenvalue weighted by molar-refractivity contribution is -0.161. The zero-order chi connectivity index (χ0) is 44.2. The first-order chi connectivity index (χ1) is 29.1. The van der Waals surface area contributed by atoms with Crippen molar-refractivity contribution in [2.24, 2.45) is 5.73 Å². The van der Waals surface area contributed by atoms with Crippen LogP contribution in [0.25, 0.3) is 0 Å². The van der Waals surface area contributed by atoms with Gasteiger partial charge in [-0.25, -0.2) is 4.57 Å². The minimum absolute atomic E-state index is 0.145. The molecule has 0 aromatic carbocycles. The number of hydrogen-bond donors (Lipinski definition) is 3. The largest absolute Gasteiger partial charge is 0.480 e. The third-order valence-corrected chi connectivity index (χ3v) is 10.4. The van der Waals surface area contributed by atoms with Gasteiger partial charge in [0.05, 0.1) is 13.2 Å². The molecule has 0 saturated heterocycles. The van der Waals surface area contributed by atoms with Crippen molar-refractivity contribution in [3.05, 3.63) is 72.9 Å². The number of carboxylic acids is 1. The fourth-order valence-corrected chi connectivity index (χ4v) is 6.63. The van der Waals surface area contributed by atoms with Gasteiger partial charge in [-0.05, 0) is 83.5 Å². The lowest BCUT2D eigenvalue weighted by atomic mass is 10.1. The van der Waals surface area contributed by atoms with E-state index in [2.05, 4.69) is 91.3 Å². The first-order valence-electron chi connectivity index (χ1n) is 23.0. The van der Waals surface area contributed by atoms with Gasteiger partial charge in [-0.15, -0.1) is 0 Å². The van der Waals surface area contributed by atoms with Gasteiger partial charge in [-0.1, -0.05) is 157 Å². The summed E-state index contributed by atoms with van der Waals surface area (Å²) >= 11 is 0. The van der Waals surface area contributed by atoms with E-state index in [1.165, 1.54) is 57.8 Å². The topological polar surface area (TPSA) is 172 Å². The van der Waals surface area contributed by atoms with Crippen LogP contribution >= 0.6 is 7.82 Å². The molecule has 3 atom stereocenters. The number of rotatable bonds is 42. The van der Waals surface area contributed by atoms with E-state index in [4.69, 9.17) is 24.8 Å². The average molecular weight is 864 g/mol. The molecule has 0 aliphatic rings. The van der Waals surface area contributed by atoms with E-state index in [9.17, 15) is 23.8 Å². The molecule has 0 fully saturated rings. The summed E-state index contributed by atoms with van der Waals surface area (Å²) in [6.45, 7) is 2.65. The van der Waals surface area contributed by atoms with Gasteiger partial charge in [0.25, 0.3) is 0 Å². The monoisotopic (exact) mass is 864 g/mol. The van der Waals surface area contributed by atoms with Crippen LogP contribution in [0.3, 0.4) is 0 Å². The van der Waals surface area contributed by atoms with Crippen molar-refractivity contribution in [1.29, 1.82) is 0 Å². The van der Waals surface area contributed by atoms with E-state index in [0.717, 1.165) is 83.5 Å². The number of ether oxygens (including phenoxy) is 2. The molecule has 0 rings (SSSR count). The van der Waals surface area contributed by atoms with Crippen LogP contribution in [0.15, 0.2) is 72.9 Å². The number of aliphatic carboxylic acids is 1. The third kappa shape index (κ3) is 41.6. The Bertz CT molecular complexity index is 1290. The Hall–Kier alpha value is -3.08. The molecule has 0 spiro atoms. The number of carbonyl (C=O) groups is 3. The molecule has 4 N–H and O–H groups in total. The number of carboxylic acid groups (broad SMARTS) is 1. The molecular formula is C48H82NO10P.